The Bertz CT molecular complexity index is 1260. The van der Waals surface area contributed by atoms with Crippen molar-refractivity contribution in [1.82, 2.24) is 29.1 Å². The molecule has 0 atom stereocenters. The number of aryl methyl sites for hydroxylation is 3. The third kappa shape index (κ3) is 7.35. The summed E-state index contributed by atoms with van der Waals surface area (Å²) in [4.78, 5) is 0. The van der Waals surface area contributed by atoms with E-state index in [1.807, 2.05) is 78.8 Å². The molecule has 0 bridgehead atoms. The fraction of sp³-hybridized carbons (Fsp3) is 0.269. The van der Waals surface area contributed by atoms with E-state index in [-0.39, 0.29) is 37.2 Å². The normalized spacial score (nSPS) is 9.81. The summed E-state index contributed by atoms with van der Waals surface area (Å²) in [6, 6.07) is 9.95. The average Bonchev–Trinajstić information content (AvgIpc) is 3.33. The van der Waals surface area contributed by atoms with Gasteiger partial charge in [0.15, 0.2) is 0 Å². The molecule has 0 aliphatic heterocycles. The molecule has 0 unspecified atom stereocenters. The summed E-state index contributed by atoms with van der Waals surface area (Å²) in [7, 11) is -0.497. The summed E-state index contributed by atoms with van der Waals surface area (Å²) in [6.07, 6.45) is 0. The van der Waals surface area contributed by atoms with Crippen molar-refractivity contribution < 1.29 is 22.4 Å². The quantitative estimate of drug-likeness (QED) is 0.138. The van der Waals surface area contributed by atoms with E-state index >= 15 is 0 Å². The van der Waals surface area contributed by atoms with Crippen LogP contribution in [0.3, 0.4) is 0 Å². The molecule has 0 spiro atoms. The molecule has 0 aliphatic rings. The molecule has 0 saturated heterocycles. The van der Waals surface area contributed by atoms with Gasteiger partial charge in [-0.15, -0.1) is 5.92 Å². The Balaban J connectivity index is 0.000000926. The first-order valence-corrected chi connectivity index (χ1v) is 11.8. The molecule has 1 aromatic carbocycles. The Labute approximate surface area is 252 Å². The van der Waals surface area contributed by atoms with Gasteiger partial charge in [0.25, 0.3) is 7.12 Å². The Morgan fingerprint density at radius 2 is 0.973 bits per heavy atom. The summed E-state index contributed by atoms with van der Waals surface area (Å²) in [6.45, 7) is 13.2. The van der Waals surface area contributed by atoms with Gasteiger partial charge in [-0.05, 0) is 60.6 Å². The molecule has 0 aliphatic carbocycles. The van der Waals surface area contributed by atoms with Crippen LogP contribution in [0.25, 0.3) is 0 Å². The molecule has 4 aromatic rings. The molecule has 0 N–H and O–H groups in total. The average molecular weight is 639 g/mol. The van der Waals surface area contributed by atoms with Gasteiger partial charge in [-0.25, -0.2) is 15.3 Å². The predicted octanol–water partition coefficient (Wildman–Crippen LogP) is 6.97. The van der Waals surface area contributed by atoms with E-state index in [0.29, 0.717) is 15.1 Å². The van der Waals surface area contributed by atoms with Crippen LogP contribution in [0.4, 0.5) is 0 Å². The monoisotopic (exact) mass is 637 g/mol. The molecule has 11 heteroatoms. The minimum atomic E-state index is -0.497. The van der Waals surface area contributed by atoms with Gasteiger partial charge in [0.2, 0.25) is 0 Å². The van der Waals surface area contributed by atoms with E-state index in [4.69, 9.17) is 34.8 Å². The van der Waals surface area contributed by atoms with E-state index in [0.717, 1.165) is 39.7 Å². The SMILES string of the molecule is CC#Cc1ccccc1.Cc1nn([B-](n2nc(C)c(Cl)c2C)n2nc(C)c(Cl)c2C)c(C)c1Cl.[CH3-].[CH3-].[Nb+3]. The second kappa shape index (κ2) is 14.9. The van der Waals surface area contributed by atoms with Crippen molar-refractivity contribution in [1.29, 1.82) is 0 Å². The van der Waals surface area contributed by atoms with Crippen LogP contribution in [0, 0.1) is 68.2 Å². The van der Waals surface area contributed by atoms with Gasteiger partial charge in [0.05, 0.1) is 32.1 Å². The number of halogens is 3. The Hall–Kier alpha value is -1.91. The zero-order valence-electron chi connectivity index (χ0n) is 22.7. The molecule has 3 aromatic heterocycles. The van der Waals surface area contributed by atoms with Crippen molar-refractivity contribution in [3.63, 3.8) is 0 Å². The van der Waals surface area contributed by atoms with E-state index in [1.54, 1.807) is 13.8 Å². The first-order valence-electron chi connectivity index (χ1n) is 10.7. The smallest absolute Gasteiger partial charge is 0.421 e. The number of benzene rings is 1. The molecular formula is C26H32BCl3N6Nb. The van der Waals surface area contributed by atoms with Gasteiger partial charge in [-0.2, -0.15) is 0 Å². The van der Waals surface area contributed by atoms with Crippen LogP contribution >= 0.6 is 34.8 Å². The maximum absolute atomic E-state index is 6.38. The summed E-state index contributed by atoms with van der Waals surface area (Å²) in [5, 5.41) is 15.6. The number of aromatic nitrogens is 6. The van der Waals surface area contributed by atoms with Crippen molar-refractivity contribution in [2.75, 3.05) is 0 Å². The third-order valence-electron chi connectivity index (χ3n) is 5.41. The molecule has 195 valence electrons. The van der Waals surface area contributed by atoms with Crippen LogP contribution in [-0.2, 0) is 22.4 Å². The Kier molecular flexibility index (Phi) is 14.1. The fourth-order valence-electron chi connectivity index (χ4n) is 3.58. The maximum Gasteiger partial charge on any atom is 3.00 e. The van der Waals surface area contributed by atoms with Crippen molar-refractivity contribution >= 4 is 41.9 Å². The van der Waals surface area contributed by atoms with Gasteiger partial charge in [-0.3, -0.25) is 0 Å². The first-order chi connectivity index (χ1) is 16.1. The molecule has 4 rings (SSSR count). The summed E-state index contributed by atoms with van der Waals surface area (Å²) in [5.74, 6) is 5.79. The van der Waals surface area contributed by atoms with Gasteiger partial charge in [0.1, 0.15) is 0 Å². The molecule has 3 heterocycles. The van der Waals surface area contributed by atoms with Crippen LogP contribution in [0.15, 0.2) is 30.3 Å². The maximum atomic E-state index is 6.38. The molecule has 37 heavy (non-hydrogen) atoms. The van der Waals surface area contributed by atoms with Gasteiger partial charge in [-0.1, -0.05) is 58.9 Å². The van der Waals surface area contributed by atoms with Crippen LogP contribution in [0.5, 0.6) is 0 Å². The standard InChI is InChI=1S/C15H18BCl3N6.C9H8.2CH3.Nb/c1-7-13(17)10(4)23(20-7)16(24-11(5)14(18)8(2)21-24)25-12(6)15(19)9(3)22-25;1-2-6-9-7-4-3-5-8-9;;;/h1-6H3;3-5,7-8H,1H3;2*1H3;/q-1;;2*-1;+3. The third-order valence-corrected chi connectivity index (χ3v) is 7.05. The minimum absolute atomic E-state index is 0. The largest absolute Gasteiger partial charge is 3.00 e. The van der Waals surface area contributed by atoms with Crippen molar-refractivity contribution in [3.8, 4) is 11.8 Å². The van der Waals surface area contributed by atoms with Crippen molar-refractivity contribution in [2.45, 2.75) is 48.5 Å². The molecule has 6 nitrogen and oxygen atoms in total. The number of hydrogen-bond acceptors (Lipinski definition) is 3. The Morgan fingerprint density at radius 1 is 0.649 bits per heavy atom. The zero-order chi connectivity index (χ0) is 25.2. The number of hydrogen-bond donors (Lipinski definition) is 0. The molecule has 0 saturated carbocycles. The van der Waals surface area contributed by atoms with Crippen LogP contribution in [0.1, 0.15) is 46.7 Å². The number of rotatable bonds is 3. The van der Waals surface area contributed by atoms with Crippen molar-refractivity contribution in [2.24, 2.45) is 0 Å². The second-order valence-corrected chi connectivity index (χ2v) is 9.01. The minimum Gasteiger partial charge on any atom is -0.421 e. The summed E-state index contributed by atoms with van der Waals surface area (Å²) < 4.78 is 5.38. The molecular weight excluding hydrogens is 606 g/mol. The van der Waals surface area contributed by atoms with Gasteiger partial charge < -0.3 is 28.6 Å². The van der Waals surface area contributed by atoms with E-state index in [9.17, 15) is 0 Å². The summed E-state index contributed by atoms with van der Waals surface area (Å²) >= 11 is 19.1. The topological polar surface area (TPSA) is 53.5 Å². The van der Waals surface area contributed by atoms with E-state index in [2.05, 4.69) is 27.1 Å². The predicted molar refractivity (Wildman–Crippen MR) is 154 cm³/mol. The molecule has 0 amide bonds. The molecule has 1 radical (unpaired) electrons. The summed E-state index contributed by atoms with van der Waals surface area (Å²) in [5.41, 5.74) is 5.75. The number of nitrogens with zero attached hydrogens (tertiary/aromatic N) is 6. The van der Waals surface area contributed by atoms with Crippen molar-refractivity contribution in [3.05, 3.63) is 100.0 Å². The fourth-order valence-corrected chi connectivity index (χ4v) is 3.95. The van der Waals surface area contributed by atoms with Crippen LogP contribution in [0.2, 0.25) is 15.1 Å². The Morgan fingerprint density at radius 3 is 1.22 bits per heavy atom. The van der Waals surface area contributed by atoms with Gasteiger partial charge >= 0.3 is 22.4 Å². The van der Waals surface area contributed by atoms with Gasteiger partial charge in [0, 0.05) is 22.6 Å². The van der Waals surface area contributed by atoms with Crippen LogP contribution in [-0.4, -0.2) is 36.2 Å². The van der Waals surface area contributed by atoms with E-state index in [1.165, 1.54) is 0 Å². The van der Waals surface area contributed by atoms with E-state index < -0.39 is 7.12 Å². The second-order valence-electron chi connectivity index (χ2n) is 7.88. The first kappa shape index (κ1) is 35.1. The zero-order valence-corrected chi connectivity index (χ0v) is 27.2. The van der Waals surface area contributed by atoms with Crippen LogP contribution < -0.4 is 0 Å². The molecule has 0 fully saturated rings.